The summed E-state index contributed by atoms with van der Waals surface area (Å²) in [6, 6.07) is 4.39. The fraction of sp³-hybridized carbons (Fsp3) is 0.462. The van der Waals surface area contributed by atoms with Gasteiger partial charge in [0.05, 0.1) is 4.90 Å². The fourth-order valence-corrected chi connectivity index (χ4v) is 4.69. The van der Waals surface area contributed by atoms with Crippen LogP contribution in [0.1, 0.15) is 5.56 Å². The maximum atomic E-state index is 12.9. The van der Waals surface area contributed by atoms with E-state index in [0.717, 1.165) is 0 Å². The van der Waals surface area contributed by atoms with Crippen LogP contribution in [0.15, 0.2) is 27.6 Å². The van der Waals surface area contributed by atoms with E-state index in [0.29, 0.717) is 23.1 Å². The molecule has 1 amide bonds. The number of piperazine rings is 1. The monoisotopic (exact) mass is 375 g/mol. The van der Waals surface area contributed by atoms with Gasteiger partial charge in [-0.15, -0.1) is 0 Å². The fourth-order valence-electron chi connectivity index (χ4n) is 2.34. The largest absolute Gasteiger partial charge is 0.358 e. The van der Waals surface area contributed by atoms with Crippen molar-refractivity contribution < 1.29 is 13.2 Å². The summed E-state index contributed by atoms with van der Waals surface area (Å²) >= 11 is 3.30. The maximum Gasteiger partial charge on any atom is 0.244 e. The number of rotatable bonds is 3. The maximum absolute atomic E-state index is 12.9. The second kappa shape index (κ2) is 6.43. The summed E-state index contributed by atoms with van der Waals surface area (Å²) in [7, 11) is -2.21. The number of nitrogens with one attached hydrogen (secondary N) is 2. The third kappa shape index (κ3) is 3.28. The van der Waals surface area contributed by atoms with Crippen molar-refractivity contribution in [2.75, 3.05) is 26.7 Å². The molecular formula is C13H18BrN3O3S. The molecule has 1 atom stereocenters. The molecule has 2 rings (SSSR count). The molecule has 1 heterocycles. The van der Waals surface area contributed by atoms with Crippen molar-refractivity contribution in [2.24, 2.45) is 0 Å². The van der Waals surface area contributed by atoms with E-state index in [1.807, 2.05) is 0 Å². The molecule has 2 N–H and O–H groups in total. The van der Waals surface area contributed by atoms with Crippen LogP contribution in [0.3, 0.4) is 0 Å². The Hall–Kier alpha value is -0.960. The smallest absolute Gasteiger partial charge is 0.244 e. The average Bonchev–Trinajstić information content (AvgIpc) is 2.48. The van der Waals surface area contributed by atoms with Crippen LogP contribution in [-0.2, 0) is 14.8 Å². The highest BCUT2D eigenvalue weighted by molar-refractivity contribution is 9.10. The lowest BCUT2D eigenvalue weighted by molar-refractivity contribution is -0.124. The van der Waals surface area contributed by atoms with Gasteiger partial charge in [0.2, 0.25) is 15.9 Å². The minimum absolute atomic E-state index is 0.229. The van der Waals surface area contributed by atoms with Crippen LogP contribution in [0.4, 0.5) is 0 Å². The van der Waals surface area contributed by atoms with Crippen LogP contribution in [0.25, 0.3) is 0 Å². The molecule has 1 aromatic rings. The van der Waals surface area contributed by atoms with Crippen molar-refractivity contribution in [3.8, 4) is 0 Å². The van der Waals surface area contributed by atoms with Gasteiger partial charge in [-0.05, 0) is 24.6 Å². The Bertz CT molecular complexity index is 648. The van der Waals surface area contributed by atoms with E-state index in [1.54, 1.807) is 25.1 Å². The first kappa shape index (κ1) is 16.4. The van der Waals surface area contributed by atoms with E-state index in [4.69, 9.17) is 0 Å². The minimum Gasteiger partial charge on any atom is -0.358 e. The van der Waals surface area contributed by atoms with Crippen molar-refractivity contribution in [2.45, 2.75) is 17.9 Å². The van der Waals surface area contributed by atoms with E-state index in [1.165, 1.54) is 11.4 Å². The molecule has 8 heteroatoms. The Balaban J connectivity index is 2.45. The number of hydrogen-bond donors (Lipinski definition) is 2. The first-order chi connectivity index (χ1) is 9.87. The highest BCUT2D eigenvalue weighted by atomic mass is 79.9. The van der Waals surface area contributed by atoms with E-state index < -0.39 is 16.1 Å². The van der Waals surface area contributed by atoms with Crippen molar-refractivity contribution in [3.63, 3.8) is 0 Å². The normalized spacial score (nSPS) is 20.2. The van der Waals surface area contributed by atoms with Crippen molar-refractivity contribution in [1.29, 1.82) is 0 Å². The lowest BCUT2D eigenvalue weighted by Gasteiger charge is -2.34. The highest BCUT2D eigenvalue weighted by Crippen LogP contribution is 2.25. The topological polar surface area (TPSA) is 78.5 Å². The standard InChI is InChI=1S/C13H18BrN3O3S/c1-9-3-4-10(14)7-12(9)21(19,20)17-6-5-16-8-11(17)13(18)15-2/h3-4,7,11,16H,5-6,8H2,1-2H3,(H,15,18). The van der Waals surface area contributed by atoms with Crippen molar-refractivity contribution in [3.05, 3.63) is 28.2 Å². The zero-order chi connectivity index (χ0) is 15.6. The second-order valence-electron chi connectivity index (χ2n) is 4.86. The molecule has 1 saturated heterocycles. The third-order valence-electron chi connectivity index (χ3n) is 3.48. The Morgan fingerprint density at radius 3 is 2.86 bits per heavy atom. The molecule has 0 aliphatic carbocycles. The van der Waals surface area contributed by atoms with Gasteiger partial charge in [-0.1, -0.05) is 22.0 Å². The second-order valence-corrected chi connectivity index (χ2v) is 7.63. The molecule has 1 fully saturated rings. The predicted molar refractivity (Wildman–Crippen MR) is 83.5 cm³/mol. The zero-order valence-corrected chi connectivity index (χ0v) is 14.3. The molecule has 21 heavy (non-hydrogen) atoms. The number of carbonyl (C=O) groups excluding carboxylic acids is 1. The molecular weight excluding hydrogens is 358 g/mol. The number of benzene rings is 1. The van der Waals surface area contributed by atoms with E-state index in [-0.39, 0.29) is 17.3 Å². The lowest BCUT2D eigenvalue weighted by atomic mass is 10.2. The number of aryl methyl sites for hydroxylation is 1. The summed E-state index contributed by atoms with van der Waals surface area (Å²) < 4.78 is 27.7. The van der Waals surface area contributed by atoms with Crippen LogP contribution in [0, 0.1) is 6.92 Å². The minimum atomic E-state index is -3.72. The summed E-state index contributed by atoms with van der Waals surface area (Å²) in [6.07, 6.45) is 0. The first-order valence-electron chi connectivity index (χ1n) is 6.58. The molecule has 0 aromatic heterocycles. The molecule has 0 saturated carbocycles. The predicted octanol–water partition coefficient (Wildman–Crippen LogP) is 0.466. The molecule has 1 aromatic carbocycles. The van der Waals surface area contributed by atoms with E-state index in [2.05, 4.69) is 26.6 Å². The number of amides is 1. The molecule has 1 aliphatic rings. The zero-order valence-electron chi connectivity index (χ0n) is 11.9. The van der Waals surface area contributed by atoms with Crippen LogP contribution in [0.2, 0.25) is 0 Å². The molecule has 1 unspecified atom stereocenters. The highest BCUT2D eigenvalue weighted by Gasteiger charge is 2.37. The van der Waals surface area contributed by atoms with Crippen LogP contribution >= 0.6 is 15.9 Å². The SMILES string of the molecule is CNC(=O)C1CNCCN1S(=O)(=O)c1cc(Br)ccc1C. The summed E-state index contributed by atoms with van der Waals surface area (Å²) in [6.45, 7) is 2.86. The van der Waals surface area contributed by atoms with Crippen LogP contribution in [-0.4, -0.2) is 51.4 Å². The van der Waals surface area contributed by atoms with Crippen molar-refractivity contribution >= 4 is 31.9 Å². The summed E-state index contributed by atoms with van der Waals surface area (Å²) in [5.41, 5.74) is 0.660. The number of nitrogens with zero attached hydrogens (tertiary/aromatic N) is 1. The molecule has 116 valence electrons. The van der Waals surface area contributed by atoms with E-state index in [9.17, 15) is 13.2 Å². The molecule has 0 bridgehead atoms. The molecule has 1 aliphatic heterocycles. The third-order valence-corrected chi connectivity index (χ3v) is 6.02. The van der Waals surface area contributed by atoms with Crippen LogP contribution < -0.4 is 10.6 Å². The number of hydrogen-bond acceptors (Lipinski definition) is 4. The summed E-state index contributed by atoms with van der Waals surface area (Å²) in [4.78, 5) is 12.2. The van der Waals surface area contributed by atoms with E-state index >= 15 is 0 Å². The molecule has 0 radical (unpaired) electrons. The number of likely N-dealkylation sites (N-methyl/N-ethyl adjacent to an activating group) is 1. The van der Waals surface area contributed by atoms with Gasteiger partial charge in [-0.25, -0.2) is 8.42 Å². The summed E-state index contributed by atoms with van der Waals surface area (Å²) in [5.74, 6) is -0.307. The van der Waals surface area contributed by atoms with Gasteiger partial charge in [0.1, 0.15) is 6.04 Å². The Morgan fingerprint density at radius 1 is 1.48 bits per heavy atom. The van der Waals surface area contributed by atoms with Gasteiger partial charge in [-0.3, -0.25) is 4.79 Å². The molecule has 0 spiro atoms. The van der Waals surface area contributed by atoms with Gasteiger partial charge in [0, 0.05) is 31.2 Å². The van der Waals surface area contributed by atoms with Crippen molar-refractivity contribution in [1.82, 2.24) is 14.9 Å². The van der Waals surface area contributed by atoms with Crippen LogP contribution in [0.5, 0.6) is 0 Å². The Labute approximate surface area is 133 Å². The van der Waals surface area contributed by atoms with Gasteiger partial charge >= 0.3 is 0 Å². The average molecular weight is 376 g/mol. The lowest BCUT2D eigenvalue weighted by Crippen LogP contribution is -2.59. The molecule has 6 nitrogen and oxygen atoms in total. The summed E-state index contributed by atoms with van der Waals surface area (Å²) in [5, 5.41) is 5.57. The quantitative estimate of drug-likeness (QED) is 0.804. The first-order valence-corrected chi connectivity index (χ1v) is 8.81. The van der Waals surface area contributed by atoms with Gasteiger partial charge in [0.15, 0.2) is 0 Å². The number of carbonyl (C=O) groups is 1. The Morgan fingerprint density at radius 2 is 2.19 bits per heavy atom. The Kier molecular flexibility index (Phi) is 5.03. The van der Waals surface area contributed by atoms with Gasteiger partial charge in [-0.2, -0.15) is 4.31 Å². The van der Waals surface area contributed by atoms with Gasteiger partial charge in [0.25, 0.3) is 0 Å². The number of halogens is 1. The van der Waals surface area contributed by atoms with Gasteiger partial charge < -0.3 is 10.6 Å². The number of sulfonamides is 1.